The van der Waals surface area contributed by atoms with Gasteiger partial charge in [-0.1, -0.05) is 25.1 Å². The van der Waals surface area contributed by atoms with Gasteiger partial charge in [0.25, 0.3) is 0 Å². The quantitative estimate of drug-likeness (QED) is 0.846. The Kier molecular flexibility index (Phi) is 4.68. The predicted octanol–water partition coefficient (Wildman–Crippen LogP) is 1.49. The Morgan fingerprint density at radius 3 is 2.62 bits per heavy atom. The predicted molar refractivity (Wildman–Crippen MR) is 81.4 cm³/mol. The first-order valence-electron chi connectivity index (χ1n) is 7.17. The molecule has 1 atom stereocenters. The molecule has 1 saturated heterocycles. The third kappa shape index (κ3) is 3.11. The minimum Gasteiger partial charge on any atom is -0.344 e. The molecule has 1 aromatic rings. The van der Waals surface area contributed by atoms with Gasteiger partial charge in [0.2, 0.25) is 15.9 Å². The molecule has 1 aliphatic rings. The van der Waals surface area contributed by atoms with E-state index in [-0.39, 0.29) is 11.9 Å². The molecule has 1 amide bonds. The average Bonchev–Trinajstić information content (AvgIpc) is 2.49. The largest absolute Gasteiger partial charge is 0.344 e. The Morgan fingerprint density at radius 2 is 2.00 bits per heavy atom. The van der Waals surface area contributed by atoms with E-state index in [1.807, 2.05) is 19.1 Å². The zero-order valence-corrected chi connectivity index (χ0v) is 13.6. The lowest BCUT2D eigenvalue weighted by molar-refractivity contribution is -0.133. The molecule has 0 radical (unpaired) electrons. The van der Waals surface area contributed by atoms with Crippen LogP contribution in [0, 0.1) is 0 Å². The van der Waals surface area contributed by atoms with Gasteiger partial charge in [0, 0.05) is 33.1 Å². The fourth-order valence-electron chi connectivity index (χ4n) is 2.69. The number of amides is 1. The zero-order chi connectivity index (χ0) is 15.6. The Balaban J connectivity index is 2.29. The molecule has 0 bridgehead atoms. The maximum absolute atomic E-state index is 12.8. The number of likely N-dealkylation sites (N-methyl/N-ethyl adjacent to an activating group) is 2. The van der Waals surface area contributed by atoms with Crippen LogP contribution in [0.4, 0.5) is 0 Å². The molecule has 5 nitrogen and oxygen atoms in total. The van der Waals surface area contributed by atoms with Crippen molar-refractivity contribution in [3.63, 3.8) is 0 Å². The molecule has 1 fully saturated rings. The number of piperidine rings is 1. The molecule has 116 valence electrons. The number of hydrogen-bond acceptors (Lipinski definition) is 3. The van der Waals surface area contributed by atoms with Gasteiger partial charge in [-0.05, 0) is 24.5 Å². The van der Waals surface area contributed by atoms with Crippen molar-refractivity contribution in [2.75, 3.05) is 20.6 Å². The van der Waals surface area contributed by atoms with Gasteiger partial charge in [0.05, 0.1) is 4.90 Å². The zero-order valence-electron chi connectivity index (χ0n) is 12.7. The molecule has 0 aliphatic carbocycles. The summed E-state index contributed by atoms with van der Waals surface area (Å²) in [6, 6.07) is 6.93. The number of aryl methyl sites for hydroxylation is 1. The van der Waals surface area contributed by atoms with Crippen LogP contribution in [-0.4, -0.2) is 50.2 Å². The second-order valence-electron chi connectivity index (χ2n) is 5.45. The van der Waals surface area contributed by atoms with Crippen LogP contribution in [0.1, 0.15) is 25.3 Å². The lowest BCUT2D eigenvalue weighted by atomic mass is 10.1. The highest BCUT2D eigenvalue weighted by atomic mass is 32.2. The van der Waals surface area contributed by atoms with Crippen LogP contribution in [0.5, 0.6) is 0 Å². The van der Waals surface area contributed by atoms with E-state index in [4.69, 9.17) is 0 Å². The molecule has 0 aromatic heterocycles. The van der Waals surface area contributed by atoms with Crippen molar-refractivity contribution in [1.82, 2.24) is 9.21 Å². The first-order valence-corrected chi connectivity index (χ1v) is 8.61. The van der Waals surface area contributed by atoms with E-state index in [1.165, 1.54) is 4.31 Å². The summed E-state index contributed by atoms with van der Waals surface area (Å²) in [6.07, 6.45) is 1.65. The lowest BCUT2D eigenvalue weighted by Gasteiger charge is -2.35. The maximum Gasteiger partial charge on any atom is 0.243 e. The number of sulfonamides is 1. The van der Waals surface area contributed by atoms with E-state index in [2.05, 4.69) is 0 Å². The van der Waals surface area contributed by atoms with Gasteiger partial charge in [-0.15, -0.1) is 0 Å². The number of hydrogen-bond donors (Lipinski definition) is 0. The van der Waals surface area contributed by atoms with Crippen LogP contribution in [0.2, 0.25) is 0 Å². The summed E-state index contributed by atoms with van der Waals surface area (Å²) in [4.78, 5) is 13.5. The van der Waals surface area contributed by atoms with Crippen molar-refractivity contribution in [3.8, 4) is 0 Å². The van der Waals surface area contributed by atoms with Gasteiger partial charge < -0.3 is 4.90 Å². The second-order valence-corrected chi connectivity index (χ2v) is 7.42. The molecule has 1 unspecified atom stereocenters. The fraction of sp³-hybridized carbons (Fsp3) is 0.533. The van der Waals surface area contributed by atoms with Gasteiger partial charge in [-0.25, -0.2) is 8.42 Å². The second kappa shape index (κ2) is 6.15. The van der Waals surface area contributed by atoms with Gasteiger partial charge in [0.1, 0.15) is 0 Å². The molecule has 1 aliphatic heterocycles. The van der Waals surface area contributed by atoms with Crippen LogP contribution in [-0.2, 0) is 21.2 Å². The average molecular weight is 310 g/mol. The number of rotatable bonds is 4. The number of benzene rings is 1. The molecule has 2 rings (SSSR count). The topological polar surface area (TPSA) is 57.7 Å². The smallest absolute Gasteiger partial charge is 0.243 e. The molecule has 1 aromatic carbocycles. The summed E-state index contributed by atoms with van der Waals surface area (Å²) in [5, 5.41) is 0. The molecular weight excluding hydrogens is 288 g/mol. The summed E-state index contributed by atoms with van der Waals surface area (Å²) >= 11 is 0. The van der Waals surface area contributed by atoms with E-state index >= 15 is 0 Å². The number of carbonyl (C=O) groups excluding carboxylic acids is 1. The first kappa shape index (κ1) is 16.0. The SMILES string of the molecule is CCc1ccccc1S(=O)(=O)N(C)C1CCC(=O)N(C)C1. The van der Waals surface area contributed by atoms with Crippen molar-refractivity contribution in [2.45, 2.75) is 37.1 Å². The molecule has 6 heteroatoms. The van der Waals surface area contributed by atoms with Crippen molar-refractivity contribution in [1.29, 1.82) is 0 Å². The summed E-state index contributed by atoms with van der Waals surface area (Å²) in [5.74, 6) is 0.0750. The maximum atomic E-state index is 12.8. The molecule has 0 saturated carbocycles. The molecule has 0 N–H and O–H groups in total. The normalized spacial score (nSPS) is 20.1. The van der Waals surface area contributed by atoms with Crippen LogP contribution in [0.15, 0.2) is 29.2 Å². The third-order valence-electron chi connectivity index (χ3n) is 4.13. The monoisotopic (exact) mass is 310 g/mol. The summed E-state index contributed by atoms with van der Waals surface area (Å²) in [6.45, 7) is 2.39. The van der Waals surface area contributed by atoms with Crippen LogP contribution in [0.25, 0.3) is 0 Å². The Labute approximate surface area is 126 Å². The Morgan fingerprint density at radius 1 is 1.33 bits per heavy atom. The van der Waals surface area contributed by atoms with Gasteiger partial charge in [-0.2, -0.15) is 4.31 Å². The Hall–Kier alpha value is -1.40. The van der Waals surface area contributed by atoms with E-state index in [0.29, 0.717) is 30.7 Å². The van der Waals surface area contributed by atoms with Crippen LogP contribution >= 0.6 is 0 Å². The number of likely N-dealkylation sites (tertiary alicyclic amines) is 1. The molecular formula is C15H22N2O3S. The summed E-state index contributed by atoms with van der Waals surface area (Å²) in [7, 11) is -0.202. The van der Waals surface area contributed by atoms with Crippen LogP contribution < -0.4 is 0 Å². The van der Waals surface area contributed by atoms with Gasteiger partial charge in [-0.3, -0.25) is 4.79 Å². The van der Waals surface area contributed by atoms with E-state index in [0.717, 1.165) is 5.56 Å². The first-order chi connectivity index (χ1) is 9.87. The summed E-state index contributed by atoms with van der Waals surface area (Å²) in [5.41, 5.74) is 0.824. The van der Waals surface area contributed by atoms with E-state index in [9.17, 15) is 13.2 Å². The summed E-state index contributed by atoms with van der Waals surface area (Å²) < 4.78 is 27.1. The molecule has 1 heterocycles. The Bertz CT molecular complexity index is 628. The highest BCUT2D eigenvalue weighted by Crippen LogP contribution is 2.24. The highest BCUT2D eigenvalue weighted by Gasteiger charge is 2.33. The minimum atomic E-state index is -3.53. The highest BCUT2D eigenvalue weighted by molar-refractivity contribution is 7.89. The standard InChI is InChI=1S/C15H22N2O3S/c1-4-12-7-5-6-8-14(12)21(19,20)17(3)13-9-10-15(18)16(2)11-13/h5-8,13H,4,9-11H2,1-3H3. The van der Waals surface area contributed by atoms with E-state index in [1.54, 1.807) is 31.1 Å². The number of nitrogens with zero attached hydrogens (tertiary/aromatic N) is 2. The van der Waals surface area contributed by atoms with Crippen molar-refractivity contribution >= 4 is 15.9 Å². The van der Waals surface area contributed by atoms with Crippen LogP contribution in [0.3, 0.4) is 0 Å². The third-order valence-corrected chi connectivity index (χ3v) is 6.14. The minimum absolute atomic E-state index is 0.0750. The van der Waals surface area contributed by atoms with Gasteiger partial charge in [0.15, 0.2) is 0 Å². The van der Waals surface area contributed by atoms with E-state index < -0.39 is 10.0 Å². The number of carbonyl (C=O) groups is 1. The molecule has 0 spiro atoms. The van der Waals surface area contributed by atoms with Crippen molar-refractivity contribution < 1.29 is 13.2 Å². The lowest BCUT2D eigenvalue weighted by Crippen LogP contribution is -2.49. The fourth-order valence-corrected chi connectivity index (χ4v) is 4.35. The van der Waals surface area contributed by atoms with Crippen molar-refractivity contribution in [2.24, 2.45) is 0 Å². The van der Waals surface area contributed by atoms with Crippen molar-refractivity contribution in [3.05, 3.63) is 29.8 Å². The molecule has 21 heavy (non-hydrogen) atoms. The van der Waals surface area contributed by atoms with Gasteiger partial charge >= 0.3 is 0 Å².